The number of hydrogen-bond acceptors (Lipinski definition) is 4. The lowest BCUT2D eigenvalue weighted by Gasteiger charge is -2.08. The minimum atomic E-state index is -0.135. The molecule has 0 aliphatic carbocycles. The molecule has 0 radical (unpaired) electrons. The molecule has 0 saturated heterocycles. The quantitative estimate of drug-likeness (QED) is 0.721. The fraction of sp³-hybridized carbons (Fsp3) is 0.462. The van der Waals surface area contributed by atoms with Crippen molar-refractivity contribution < 1.29 is 9.59 Å². The molecule has 0 spiro atoms. The first-order chi connectivity index (χ1) is 8.97. The van der Waals surface area contributed by atoms with Gasteiger partial charge in [-0.3, -0.25) is 9.59 Å². The third-order valence-corrected chi connectivity index (χ3v) is 2.33. The average molecular weight is 264 g/mol. The first-order valence-electron chi connectivity index (χ1n) is 6.28. The van der Waals surface area contributed by atoms with Gasteiger partial charge in [-0.1, -0.05) is 0 Å². The van der Waals surface area contributed by atoms with Crippen LogP contribution in [-0.2, 0) is 9.59 Å². The van der Waals surface area contributed by atoms with Crippen LogP contribution in [0.5, 0.6) is 0 Å². The molecule has 0 saturated carbocycles. The molecule has 0 fully saturated rings. The van der Waals surface area contributed by atoms with Crippen LogP contribution in [-0.4, -0.2) is 22.8 Å². The Morgan fingerprint density at radius 3 is 2.53 bits per heavy atom. The van der Waals surface area contributed by atoms with Crippen molar-refractivity contribution in [1.29, 1.82) is 0 Å². The number of nitrogens with one attached hydrogen (secondary N) is 2. The summed E-state index contributed by atoms with van der Waals surface area (Å²) in [5, 5.41) is 5.47. The van der Waals surface area contributed by atoms with E-state index in [1.54, 1.807) is 12.1 Å². The van der Waals surface area contributed by atoms with Crippen molar-refractivity contribution in [3.05, 3.63) is 18.3 Å². The number of rotatable bonds is 6. The largest absolute Gasteiger partial charge is 0.384 e. The number of nitrogen functional groups attached to an aromatic ring is 1. The molecule has 0 bridgehead atoms. The van der Waals surface area contributed by atoms with E-state index in [0.717, 1.165) is 0 Å². The second-order valence-electron chi connectivity index (χ2n) is 4.60. The van der Waals surface area contributed by atoms with Gasteiger partial charge in [0.2, 0.25) is 11.8 Å². The number of nitrogens with zero attached hydrogens (tertiary/aromatic N) is 1. The van der Waals surface area contributed by atoms with Crippen LogP contribution in [0, 0.1) is 0 Å². The molecule has 6 nitrogen and oxygen atoms in total. The van der Waals surface area contributed by atoms with Crippen LogP contribution in [0.2, 0.25) is 0 Å². The van der Waals surface area contributed by atoms with Gasteiger partial charge in [-0.15, -0.1) is 0 Å². The zero-order valence-corrected chi connectivity index (χ0v) is 11.3. The van der Waals surface area contributed by atoms with Crippen LogP contribution in [0.25, 0.3) is 0 Å². The van der Waals surface area contributed by atoms with E-state index >= 15 is 0 Å². The fourth-order valence-corrected chi connectivity index (χ4v) is 1.51. The van der Waals surface area contributed by atoms with Crippen LogP contribution < -0.4 is 16.4 Å². The van der Waals surface area contributed by atoms with Crippen molar-refractivity contribution in [3.8, 4) is 0 Å². The highest BCUT2D eigenvalue weighted by molar-refractivity contribution is 5.90. The van der Waals surface area contributed by atoms with Gasteiger partial charge in [0, 0.05) is 18.9 Å². The number of amides is 2. The third kappa shape index (κ3) is 6.40. The molecule has 19 heavy (non-hydrogen) atoms. The van der Waals surface area contributed by atoms with Crippen LogP contribution >= 0.6 is 0 Å². The van der Waals surface area contributed by atoms with E-state index < -0.39 is 0 Å². The zero-order valence-electron chi connectivity index (χ0n) is 11.3. The SMILES string of the molecule is CC(C)NC(=O)CCCC(=O)Nc1ccc(N)nc1. The predicted octanol–water partition coefficient (Wildman–Crippen LogP) is 1.30. The summed E-state index contributed by atoms with van der Waals surface area (Å²) in [5.41, 5.74) is 6.05. The van der Waals surface area contributed by atoms with Gasteiger partial charge in [0.1, 0.15) is 5.82 Å². The summed E-state index contributed by atoms with van der Waals surface area (Å²) in [4.78, 5) is 26.8. The average Bonchev–Trinajstić information content (AvgIpc) is 2.31. The number of hydrogen-bond donors (Lipinski definition) is 3. The summed E-state index contributed by atoms with van der Waals surface area (Å²) >= 11 is 0. The highest BCUT2D eigenvalue weighted by Gasteiger charge is 2.06. The summed E-state index contributed by atoms with van der Waals surface area (Å²) in [6.07, 6.45) is 2.67. The Kier molecular flexibility index (Phi) is 5.78. The second-order valence-corrected chi connectivity index (χ2v) is 4.60. The van der Waals surface area contributed by atoms with Crippen LogP contribution in [0.15, 0.2) is 18.3 Å². The first-order valence-corrected chi connectivity index (χ1v) is 6.28. The van der Waals surface area contributed by atoms with Gasteiger partial charge in [0.15, 0.2) is 0 Å². The lowest BCUT2D eigenvalue weighted by atomic mass is 10.2. The van der Waals surface area contributed by atoms with E-state index in [2.05, 4.69) is 15.6 Å². The molecule has 1 rings (SSSR count). The molecule has 0 aromatic carbocycles. The van der Waals surface area contributed by atoms with Gasteiger partial charge in [0.05, 0.1) is 11.9 Å². The summed E-state index contributed by atoms with van der Waals surface area (Å²) in [6.45, 7) is 3.80. The second kappa shape index (κ2) is 7.35. The minimum absolute atomic E-state index is 0.0306. The maximum Gasteiger partial charge on any atom is 0.224 e. The molecule has 0 aliphatic heterocycles. The van der Waals surface area contributed by atoms with Crippen molar-refractivity contribution >= 4 is 23.3 Å². The van der Waals surface area contributed by atoms with Crippen molar-refractivity contribution in [2.45, 2.75) is 39.2 Å². The van der Waals surface area contributed by atoms with Crippen LogP contribution in [0.3, 0.4) is 0 Å². The van der Waals surface area contributed by atoms with Crippen molar-refractivity contribution in [2.75, 3.05) is 11.1 Å². The summed E-state index contributed by atoms with van der Waals surface area (Å²) in [6, 6.07) is 3.43. The number of carbonyl (C=O) groups is 2. The van der Waals surface area contributed by atoms with Gasteiger partial charge >= 0.3 is 0 Å². The number of nitrogens with two attached hydrogens (primary N) is 1. The van der Waals surface area contributed by atoms with Crippen LogP contribution in [0.1, 0.15) is 33.1 Å². The summed E-state index contributed by atoms with van der Waals surface area (Å²) in [7, 11) is 0. The van der Waals surface area contributed by atoms with E-state index in [-0.39, 0.29) is 17.9 Å². The first kappa shape index (κ1) is 14.9. The molecule has 104 valence electrons. The van der Waals surface area contributed by atoms with Crippen molar-refractivity contribution in [2.24, 2.45) is 0 Å². The van der Waals surface area contributed by atoms with Gasteiger partial charge in [-0.05, 0) is 32.4 Å². The lowest BCUT2D eigenvalue weighted by Crippen LogP contribution is -2.30. The van der Waals surface area contributed by atoms with E-state index in [0.29, 0.717) is 30.8 Å². The number of aromatic nitrogens is 1. The topological polar surface area (TPSA) is 97.1 Å². The van der Waals surface area contributed by atoms with Gasteiger partial charge < -0.3 is 16.4 Å². The van der Waals surface area contributed by atoms with Crippen molar-refractivity contribution in [1.82, 2.24) is 10.3 Å². The molecule has 0 unspecified atom stereocenters. The Bertz CT molecular complexity index is 429. The molecular formula is C13H20N4O2. The molecule has 1 heterocycles. The Balaban J connectivity index is 2.25. The maximum atomic E-state index is 11.6. The molecular weight excluding hydrogens is 244 g/mol. The molecule has 2 amide bonds. The molecule has 6 heteroatoms. The Labute approximate surface area is 112 Å². The predicted molar refractivity (Wildman–Crippen MR) is 74.4 cm³/mol. The van der Waals surface area contributed by atoms with Crippen LogP contribution in [0.4, 0.5) is 11.5 Å². The number of anilines is 2. The smallest absolute Gasteiger partial charge is 0.224 e. The van der Waals surface area contributed by atoms with Gasteiger partial charge in [-0.2, -0.15) is 0 Å². The zero-order chi connectivity index (χ0) is 14.3. The molecule has 0 aliphatic rings. The lowest BCUT2D eigenvalue weighted by molar-refractivity contribution is -0.121. The summed E-state index contributed by atoms with van der Waals surface area (Å²) < 4.78 is 0. The Hall–Kier alpha value is -2.11. The Morgan fingerprint density at radius 1 is 1.26 bits per heavy atom. The Morgan fingerprint density at radius 2 is 1.95 bits per heavy atom. The fourth-order valence-electron chi connectivity index (χ4n) is 1.51. The van der Waals surface area contributed by atoms with Gasteiger partial charge in [-0.25, -0.2) is 4.98 Å². The standard InChI is InChI=1S/C13H20N4O2/c1-9(2)16-12(18)4-3-5-13(19)17-10-6-7-11(14)15-8-10/h6-9H,3-5H2,1-2H3,(H2,14,15)(H,16,18)(H,17,19). The van der Waals surface area contributed by atoms with E-state index in [4.69, 9.17) is 5.73 Å². The third-order valence-electron chi connectivity index (χ3n) is 2.33. The van der Waals surface area contributed by atoms with Gasteiger partial charge in [0.25, 0.3) is 0 Å². The molecule has 1 aromatic rings. The monoisotopic (exact) mass is 264 g/mol. The van der Waals surface area contributed by atoms with E-state index in [9.17, 15) is 9.59 Å². The maximum absolute atomic E-state index is 11.6. The molecule has 0 atom stereocenters. The summed E-state index contributed by atoms with van der Waals surface area (Å²) in [5.74, 6) is 0.240. The van der Waals surface area contributed by atoms with E-state index in [1.807, 2.05) is 13.8 Å². The van der Waals surface area contributed by atoms with E-state index in [1.165, 1.54) is 6.20 Å². The number of pyridine rings is 1. The minimum Gasteiger partial charge on any atom is -0.384 e. The molecule has 1 aromatic heterocycles. The van der Waals surface area contributed by atoms with Crippen molar-refractivity contribution in [3.63, 3.8) is 0 Å². The normalized spacial score (nSPS) is 10.3. The number of carbonyl (C=O) groups excluding carboxylic acids is 2. The molecule has 4 N–H and O–H groups in total. The highest BCUT2D eigenvalue weighted by atomic mass is 16.2. The highest BCUT2D eigenvalue weighted by Crippen LogP contribution is 2.08.